The summed E-state index contributed by atoms with van der Waals surface area (Å²) in [4.78, 5) is 26.1. The fourth-order valence-corrected chi connectivity index (χ4v) is 3.12. The number of aryl methyl sites for hydroxylation is 1. The molecule has 0 fully saturated rings. The van der Waals surface area contributed by atoms with Gasteiger partial charge in [0.1, 0.15) is 6.04 Å². The first-order valence-corrected chi connectivity index (χ1v) is 8.18. The number of urea groups is 1. The van der Waals surface area contributed by atoms with E-state index in [9.17, 15) is 9.59 Å². The molecule has 0 bridgehead atoms. The van der Waals surface area contributed by atoms with Crippen molar-refractivity contribution in [2.24, 2.45) is 5.92 Å². The summed E-state index contributed by atoms with van der Waals surface area (Å²) in [5, 5.41) is 5.43. The number of amides is 3. The number of nitrogens with zero attached hydrogens (tertiary/aromatic N) is 1. The van der Waals surface area contributed by atoms with Crippen LogP contribution in [0.4, 0.5) is 4.79 Å². The number of benzene rings is 1. The van der Waals surface area contributed by atoms with Crippen LogP contribution in [0.25, 0.3) is 0 Å². The van der Waals surface area contributed by atoms with Crippen LogP contribution in [-0.2, 0) is 17.9 Å². The van der Waals surface area contributed by atoms with E-state index in [0.717, 1.165) is 21.2 Å². The number of carbonyl (C=O) groups is 2. The molecule has 0 aromatic heterocycles. The molecule has 0 unspecified atom stereocenters. The summed E-state index contributed by atoms with van der Waals surface area (Å²) >= 11 is 3.59. The lowest BCUT2D eigenvalue weighted by atomic mass is 10.0. The summed E-state index contributed by atoms with van der Waals surface area (Å²) in [7, 11) is 1.58. The lowest BCUT2D eigenvalue weighted by Gasteiger charge is -2.24. The molecule has 1 aliphatic rings. The van der Waals surface area contributed by atoms with Crippen molar-refractivity contribution in [1.29, 1.82) is 0 Å². The smallest absolute Gasteiger partial charge is 0.318 e. The highest BCUT2D eigenvalue weighted by atomic mass is 79.9. The molecular weight excluding hydrogens is 346 g/mol. The molecule has 0 saturated carbocycles. The van der Waals surface area contributed by atoms with Crippen molar-refractivity contribution in [2.75, 3.05) is 7.05 Å². The molecular formula is C16H22BrN3O2. The van der Waals surface area contributed by atoms with Crippen LogP contribution in [-0.4, -0.2) is 29.9 Å². The van der Waals surface area contributed by atoms with Crippen LogP contribution in [0.1, 0.15) is 30.5 Å². The van der Waals surface area contributed by atoms with Crippen molar-refractivity contribution in [2.45, 2.75) is 39.9 Å². The van der Waals surface area contributed by atoms with Crippen LogP contribution < -0.4 is 10.6 Å². The molecule has 1 heterocycles. The Morgan fingerprint density at radius 2 is 1.95 bits per heavy atom. The van der Waals surface area contributed by atoms with Crippen LogP contribution in [0.3, 0.4) is 0 Å². The zero-order valence-electron chi connectivity index (χ0n) is 13.4. The average Bonchev–Trinajstić information content (AvgIpc) is 2.92. The molecule has 2 rings (SSSR count). The lowest BCUT2D eigenvalue weighted by Crippen LogP contribution is -2.51. The molecule has 1 aromatic carbocycles. The number of likely N-dealkylation sites (N-methyl/N-ethyl adjacent to an activating group) is 1. The van der Waals surface area contributed by atoms with Crippen molar-refractivity contribution >= 4 is 27.9 Å². The van der Waals surface area contributed by atoms with Gasteiger partial charge >= 0.3 is 6.03 Å². The molecule has 1 aliphatic heterocycles. The van der Waals surface area contributed by atoms with Crippen molar-refractivity contribution in [3.05, 3.63) is 33.3 Å². The van der Waals surface area contributed by atoms with E-state index in [1.54, 1.807) is 11.9 Å². The highest BCUT2D eigenvalue weighted by Gasteiger charge is 2.29. The van der Waals surface area contributed by atoms with Crippen molar-refractivity contribution in [3.63, 3.8) is 0 Å². The van der Waals surface area contributed by atoms with E-state index in [2.05, 4.69) is 32.6 Å². The summed E-state index contributed by atoms with van der Waals surface area (Å²) in [6, 6.07) is 3.38. The Morgan fingerprint density at radius 1 is 1.27 bits per heavy atom. The second kappa shape index (κ2) is 6.69. The van der Waals surface area contributed by atoms with E-state index in [1.165, 1.54) is 0 Å². The fraction of sp³-hybridized carbons (Fsp3) is 0.500. The van der Waals surface area contributed by atoms with Crippen molar-refractivity contribution in [3.8, 4) is 0 Å². The SMILES string of the molecule is CNC(=O)[C@@H](NC(=O)N1Cc2ccc(C)c(Br)c2C1)C(C)C. The minimum absolute atomic E-state index is 0.0304. The van der Waals surface area contributed by atoms with Crippen LogP contribution in [0.15, 0.2) is 16.6 Å². The molecule has 1 aromatic rings. The van der Waals surface area contributed by atoms with Crippen LogP contribution in [0, 0.1) is 12.8 Å². The molecule has 2 N–H and O–H groups in total. The van der Waals surface area contributed by atoms with Crippen LogP contribution in [0.2, 0.25) is 0 Å². The Kier molecular flexibility index (Phi) is 5.11. The summed E-state index contributed by atoms with van der Waals surface area (Å²) < 4.78 is 1.06. The molecule has 0 saturated heterocycles. The number of carbonyl (C=O) groups excluding carboxylic acids is 2. The zero-order valence-corrected chi connectivity index (χ0v) is 15.0. The van der Waals surface area contributed by atoms with Crippen molar-refractivity contribution < 1.29 is 9.59 Å². The van der Waals surface area contributed by atoms with Gasteiger partial charge in [-0.25, -0.2) is 4.79 Å². The Bertz CT molecular complexity index is 601. The van der Waals surface area contributed by atoms with Crippen molar-refractivity contribution in [1.82, 2.24) is 15.5 Å². The molecule has 0 aliphatic carbocycles. The Morgan fingerprint density at radius 3 is 2.55 bits per heavy atom. The van der Waals surface area contributed by atoms with E-state index < -0.39 is 6.04 Å². The minimum Gasteiger partial charge on any atom is -0.357 e. The normalized spacial score (nSPS) is 14.7. The quantitative estimate of drug-likeness (QED) is 0.862. The molecule has 3 amide bonds. The van der Waals surface area contributed by atoms with E-state index in [-0.39, 0.29) is 17.9 Å². The zero-order chi connectivity index (χ0) is 16.4. The molecule has 0 radical (unpaired) electrons. The second-order valence-corrected chi connectivity index (χ2v) is 6.77. The molecule has 120 valence electrons. The van der Waals surface area contributed by atoms with Gasteiger partial charge in [-0.3, -0.25) is 4.79 Å². The molecule has 0 spiro atoms. The first-order chi connectivity index (χ1) is 10.3. The van der Waals surface area contributed by atoms with E-state index in [0.29, 0.717) is 13.1 Å². The minimum atomic E-state index is -0.522. The first-order valence-electron chi connectivity index (χ1n) is 7.39. The largest absolute Gasteiger partial charge is 0.357 e. The summed E-state index contributed by atoms with van der Waals surface area (Å²) in [5.41, 5.74) is 3.45. The predicted molar refractivity (Wildman–Crippen MR) is 89.4 cm³/mol. The van der Waals surface area contributed by atoms with Crippen LogP contribution in [0.5, 0.6) is 0 Å². The first kappa shape index (κ1) is 16.8. The van der Waals surface area contributed by atoms with E-state index >= 15 is 0 Å². The third-order valence-corrected chi connectivity index (χ3v) is 5.11. The fourth-order valence-electron chi connectivity index (χ4n) is 2.61. The van der Waals surface area contributed by atoms with Crippen LogP contribution >= 0.6 is 15.9 Å². The van der Waals surface area contributed by atoms with Gasteiger partial charge in [0.25, 0.3) is 0 Å². The third kappa shape index (κ3) is 3.27. The summed E-state index contributed by atoms with van der Waals surface area (Å²) in [6.45, 7) is 6.99. The Balaban J connectivity index is 2.10. The van der Waals surface area contributed by atoms with Gasteiger partial charge < -0.3 is 15.5 Å². The number of hydrogen-bond acceptors (Lipinski definition) is 2. The van der Waals surface area contributed by atoms with Gasteiger partial charge in [-0.05, 0) is 29.5 Å². The summed E-state index contributed by atoms with van der Waals surface area (Å²) in [6.07, 6.45) is 0. The highest BCUT2D eigenvalue weighted by Crippen LogP contribution is 2.31. The molecule has 5 nitrogen and oxygen atoms in total. The van der Waals surface area contributed by atoms with E-state index in [1.807, 2.05) is 26.8 Å². The maximum Gasteiger partial charge on any atom is 0.318 e. The number of rotatable bonds is 3. The summed E-state index contributed by atoms with van der Waals surface area (Å²) in [5.74, 6) is -0.139. The number of hydrogen-bond donors (Lipinski definition) is 2. The molecule has 6 heteroatoms. The molecule has 22 heavy (non-hydrogen) atoms. The predicted octanol–water partition coefficient (Wildman–Crippen LogP) is 2.55. The monoisotopic (exact) mass is 367 g/mol. The Hall–Kier alpha value is -1.56. The maximum atomic E-state index is 12.5. The Labute approximate surface area is 139 Å². The maximum absolute atomic E-state index is 12.5. The highest BCUT2D eigenvalue weighted by molar-refractivity contribution is 9.10. The van der Waals surface area contributed by atoms with Gasteiger partial charge in [0.15, 0.2) is 0 Å². The number of nitrogens with one attached hydrogen (secondary N) is 2. The standard InChI is InChI=1S/C16H22BrN3O2/c1-9(2)14(15(21)18-4)19-16(22)20-7-11-6-5-10(3)13(17)12(11)8-20/h5-6,9,14H,7-8H2,1-4H3,(H,18,21)(H,19,22)/t14-/m0/s1. The average molecular weight is 368 g/mol. The van der Waals surface area contributed by atoms with Gasteiger partial charge in [-0.15, -0.1) is 0 Å². The van der Waals surface area contributed by atoms with Gasteiger partial charge in [-0.1, -0.05) is 41.9 Å². The lowest BCUT2D eigenvalue weighted by molar-refractivity contribution is -0.123. The van der Waals surface area contributed by atoms with Gasteiger partial charge in [0.2, 0.25) is 5.91 Å². The second-order valence-electron chi connectivity index (χ2n) is 5.98. The topological polar surface area (TPSA) is 61.4 Å². The van der Waals surface area contributed by atoms with Gasteiger partial charge in [0, 0.05) is 24.6 Å². The number of fused-ring (bicyclic) bond motifs is 1. The third-order valence-electron chi connectivity index (χ3n) is 4.01. The molecule has 1 atom stereocenters. The van der Waals surface area contributed by atoms with Gasteiger partial charge in [-0.2, -0.15) is 0 Å². The van der Waals surface area contributed by atoms with E-state index in [4.69, 9.17) is 0 Å². The number of halogens is 1. The van der Waals surface area contributed by atoms with Gasteiger partial charge in [0.05, 0.1) is 0 Å².